The molecular weight excluding hydrogens is 494 g/mol. The maximum absolute atomic E-state index is 12.7. The molecule has 0 amide bonds. The predicted molar refractivity (Wildman–Crippen MR) is 147 cm³/mol. The fourth-order valence-electron chi connectivity index (χ4n) is 3.64. The molecule has 0 aromatic carbocycles. The van der Waals surface area contributed by atoms with Crippen LogP contribution in [0.5, 0.6) is 0 Å². The molecule has 0 rings (SSSR count). The van der Waals surface area contributed by atoms with E-state index < -0.39 is 23.1 Å². The van der Waals surface area contributed by atoms with Gasteiger partial charge in [0, 0.05) is 39.3 Å². The summed E-state index contributed by atoms with van der Waals surface area (Å²) in [4.78, 5) is 36.5. The second-order valence-electron chi connectivity index (χ2n) is 9.62. The third kappa shape index (κ3) is 15.2. The Hall–Kier alpha value is -1.47. The molecule has 11 heteroatoms. The lowest BCUT2D eigenvalue weighted by atomic mass is 9.89. The molecule has 0 bridgehead atoms. The zero-order chi connectivity index (χ0) is 28.9. The first-order valence-electron chi connectivity index (χ1n) is 13.9. The van der Waals surface area contributed by atoms with Crippen LogP contribution in [0.2, 0.25) is 0 Å². The normalized spacial score (nSPS) is 15.5. The Morgan fingerprint density at radius 1 is 0.763 bits per heavy atom. The lowest BCUT2D eigenvalue weighted by Gasteiger charge is -2.29. The molecule has 224 valence electrons. The number of rotatable bonds is 27. The average molecular weight is 548 g/mol. The van der Waals surface area contributed by atoms with Crippen molar-refractivity contribution in [3.05, 3.63) is 0 Å². The minimum atomic E-state index is -0.964. The number of ether oxygens (including phenoxy) is 4. The van der Waals surface area contributed by atoms with E-state index >= 15 is 0 Å². The summed E-state index contributed by atoms with van der Waals surface area (Å²) in [5.41, 5.74) is -1.41. The molecular formula is C27H53N3O8. The van der Waals surface area contributed by atoms with Crippen molar-refractivity contribution in [1.29, 1.82) is 0 Å². The van der Waals surface area contributed by atoms with Gasteiger partial charge >= 0.3 is 5.97 Å². The van der Waals surface area contributed by atoms with Crippen molar-refractivity contribution in [3.63, 3.8) is 0 Å². The van der Waals surface area contributed by atoms with Gasteiger partial charge < -0.3 is 40.0 Å². The van der Waals surface area contributed by atoms with Crippen LogP contribution in [0.15, 0.2) is 0 Å². The number of carboxylic acids is 1. The van der Waals surface area contributed by atoms with Crippen LogP contribution in [0.25, 0.3) is 0 Å². The quantitative estimate of drug-likeness (QED) is 0.111. The number of Topliss-reactive ketones (excluding diaryl/α,β-unsaturated/α-hetero) is 2. The highest BCUT2D eigenvalue weighted by molar-refractivity contribution is 5.89. The zero-order valence-electron chi connectivity index (χ0n) is 24.5. The smallest absolute Gasteiger partial charge is 0.320 e. The van der Waals surface area contributed by atoms with Crippen molar-refractivity contribution in [2.45, 2.75) is 83.8 Å². The molecule has 0 aromatic rings. The van der Waals surface area contributed by atoms with E-state index in [0.29, 0.717) is 72.2 Å². The fraction of sp³-hybridized carbons (Fsp3) is 0.889. The van der Waals surface area contributed by atoms with Gasteiger partial charge in [-0.1, -0.05) is 13.8 Å². The molecule has 0 fully saturated rings. The lowest BCUT2D eigenvalue weighted by Crippen LogP contribution is -2.51. The van der Waals surface area contributed by atoms with Crippen molar-refractivity contribution >= 4 is 17.5 Å². The number of aliphatic carboxylic acids is 1. The first-order valence-corrected chi connectivity index (χ1v) is 13.9. The van der Waals surface area contributed by atoms with Gasteiger partial charge in [-0.3, -0.25) is 14.4 Å². The van der Waals surface area contributed by atoms with Crippen molar-refractivity contribution in [3.8, 4) is 0 Å². The van der Waals surface area contributed by atoms with E-state index in [1.165, 1.54) is 0 Å². The van der Waals surface area contributed by atoms with Gasteiger partial charge in [0.05, 0.1) is 37.5 Å². The van der Waals surface area contributed by atoms with E-state index in [-0.39, 0.29) is 31.0 Å². The maximum atomic E-state index is 12.7. The molecule has 0 spiro atoms. The second kappa shape index (κ2) is 21.4. The molecule has 4 N–H and O–H groups in total. The van der Waals surface area contributed by atoms with Crippen molar-refractivity contribution in [2.75, 3.05) is 73.0 Å². The summed E-state index contributed by atoms with van der Waals surface area (Å²) in [5, 5.41) is 18.3. The van der Waals surface area contributed by atoms with Crippen LogP contribution in [0, 0.1) is 0 Å². The Balaban J connectivity index is 4.11. The monoisotopic (exact) mass is 547 g/mol. The molecule has 0 aliphatic rings. The molecule has 0 aliphatic heterocycles. The highest BCUT2D eigenvalue weighted by Gasteiger charge is 2.31. The van der Waals surface area contributed by atoms with E-state index in [4.69, 9.17) is 24.1 Å². The summed E-state index contributed by atoms with van der Waals surface area (Å²) in [6.07, 6.45) is 2.49. The number of hydrogen-bond acceptors (Lipinski definition) is 10. The number of nitrogens with one attached hydrogen (secondary N) is 3. The summed E-state index contributed by atoms with van der Waals surface area (Å²) in [7, 11) is 1.57. The molecule has 0 aromatic heterocycles. The number of carboxylic acid groups (broad SMARTS) is 1. The van der Waals surface area contributed by atoms with Crippen LogP contribution < -0.4 is 16.0 Å². The number of ketones is 2. The number of likely N-dealkylation sites (N-methyl/N-ethyl adjacent to an activating group) is 1. The second-order valence-corrected chi connectivity index (χ2v) is 9.62. The van der Waals surface area contributed by atoms with Gasteiger partial charge in [0.15, 0.2) is 11.6 Å². The van der Waals surface area contributed by atoms with Gasteiger partial charge in [0.25, 0.3) is 0 Å². The van der Waals surface area contributed by atoms with Gasteiger partial charge in [-0.2, -0.15) is 0 Å². The Bertz CT molecular complexity index is 666. The molecule has 0 aliphatic carbocycles. The Labute approximate surface area is 229 Å². The number of hydrogen-bond donors (Lipinski definition) is 4. The first-order chi connectivity index (χ1) is 18.1. The predicted octanol–water partition coefficient (Wildman–Crippen LogP) is 1.57. The summed E-state index contributed by atoms with van der Waals surface area (Å²) >= 11 is 0. The molecule has 0 saturated heterocycles. The minimum absolute atomic E-state index is 0.000521. The summed E-state index contributed by atoms with van der Waals surface area (Å²) < 4.78 is 22.0. The largest absolute Gasteiger partial charge is 0.480 e. The Morgan fingerprint density at radius 3 is 1.82 bits per heavy atom. The third-order valence-electron chi connectivity index (χ3n) is 6.86. The van der Waals surface area contributed by atoms with Crippen LogP contribution in [0.1, 0.15) is 66.7 Å². The van der Waals surface area contributed by atoms with Gasteiger partial charge in [-0.15, -0.1) is 0 Å². The van der Waals surface area contributed by atoms with E-state index in [0.717, 1.165) is 6.42 Å². The van der Waals surface area contributed by atoms with Crippen LogP contribution in [-0.2, 0) is 33.3 Å². The molecule has 0 radical (unpaired) electrons. The fourth-order valence-corrected chi connectivity index (χ4v) is 3.64. The van der Waals surface area contributed by atoms with Crippen molar-refractivity contribution in [1.82, 2.24) is 16.0 Å². The summed E-state index contributed by atoms with van der Waals surface area (Å²) in [6, 6.07) is -0.740. The van der Waals surface area contributed by atoms with Crippen LogP contribution in [-0.4, -0.2) is 113 Å². The van der Waals surface area contributed by atoms with E-state index in [9.17, 15) is 14.4 Å². The van der Waals surface area contributed by atoms with Crippen LogP contribution in [0.4, 0.5) is 0 Å². The maximum Gasteiger partial charge on any atom is 0.320 e. The highest BCUT2D eigenvalue weighted by Crippen LogP contribution is 2.15. The summed E-state index contributed by atoms with van der Waals surface area (Å²) in [6.45, 7) is 14.2. The molecule has 3 atom stereocenters. The van der Waals surface area contributed by atoms with Crippen molar-refractivity contribution in [2.24, 2.45) is 0 Å². The van der Waals surface area contributed by atoms with Gasteiger partial charge in [0.2, 0.25) is 0 Å². The van der Waals surface area contributed by atoms with Crippen LogP contribution in [0.3, 0.4) is 0 Å². The van der Waals surface area contributed by atoms with E-state index in [1.807, 2.05) is 34.6 Å². The number of carbonyl (C=O) groups excluding carboxylic acids is 2. The molecule has 0 heterocycles. The standard InChI is InChI=1S/C27H53N3O8/c1-7-26(4,23(31)12-11-22(28-6)25(33)34)29-14-18-37-19-20-38-21-24(32)27(5,8-2)30-13-17-36-16-10-15-35-9-3/h22,28-30H,7-21H2,1-6H3,(H,33,34). The van der Waals surface area contributed by atoms with Gasteiger partial charge in [-0.05, 0) is 53.5 Å². The molecule has 38 heavy (non-hydrogen) atoms. The first kappa shape index (κ1) is 36.5. The van der Waals surface area contributed by atoms with Crippen molar-refractivity contribution < 1.29 is 38.4 Å². The van der Waals surface area contributed by atoms with E-state index in [1.54, 1.807) is 7.05 Å². The molecule has 0 saturated carbocycles. The topological polar surface area (TPSA) is 144 Å². The number of carbonyl (C=O) groups is 3. The minimum Gasteiger partial charge on any atom is -0.480 e. The lowest BCUT2D eigenvalue weighted by molar-refractivity contribution is -0.139. The van der Waals surface area contributed by atoms with Crippen LogP contribution >= 0.6 is 0 Å². The molecule has 11 nitrogen and oxygen atoms in total. The zero-order valence-corrected chi connectivity index (χ0v) is 24.5. The van der Waals surface area contributed by atoms with E-state index in [2.05, 4.69) is 16.0 Å². The Morgan fingerprint density at radius 2 is 1.29 bits per heavy atom. The van der Waals surface area contributed by atoms with Gasteiger partial charge in [-0.25, -0.2) is 0 Å². The third-order valence-corrected chi connectivity index (χ3v) is 6.86. The van der Waals surface area contributed by atoms with Gasteiger partial charge in [0.1, 0.15) is 12.6 Å². The SMILES string of the molecule is CCOCCCOCCNC(C)(CC)C(=O)COCCOCCNC(C)(CC)C(=O)CCC(NC)C(=O)O. The summed E-state index contributed by atoms with van der Waals surface area (Å²) in [5.74, 6) is -1.00. The average Bonchev–Trinajstić information content (AvgIpc) is 2.91. The Kier molecular flexibility index (Phi) is 20.5. The molecule has 3 unspecified atom stereocenters. The highest BCUT2D eigenvalue weighted by atomic mass is 16.5.